The monoisotopic (exact) mass is 346 g/mol. The number of hydrogen-bond acceptors (Lipinski definition) is 2. The number of hydrogen-bond donors (Lipinski definition) is 2. The zero-order chi connectivity index (χ0) is 17.3. The summed E-state index contributed by atoms with van der Waals surface area (Å²) in [7, 11) is 0. The summed E-state index contributed by atoms with van der Waals surface area (Å²) >= 11 is 0. The number of aromatic nitrogens is 1. The molecule has 3 heteroatoms. The van der Waals surface area contributed by atoms with Crippen LogP contribution in [0.3, 0.4) is 0 Å². The van der Waals surface area contributed by atoms with Gasteiger partial charge in [0.05, 0.1) is 6.10 Å². The second-order valence-corrected chi connectivity index (χ2v) is 7.58. The highest BCUT2D eigenvalue weighted by atomic mass is 16.5. The zero-order valence-corrected chi connectivity index (χ0v) is 15.2. The van der Waals surface area contributed by atoms with Gasteiger partial charge in [0, 0.05) is 35.1 Å². The van der Waals surface area contributed by atoms with E-state index in [1.165, 1.54) is 59.0 Å². The van der Waals surface area contributed by atoms with Crippen molar-refractivity contribution in [2.75, 3.05) is 13.1 Å². The van der Waals surface area contributed by atoms with Crippen LogP contribution in [0.2, 0.25) is 0 Å². The van der Waals surface area contributed by atoms with Crippen LogP contribution in [0.25, 0.3) is 22.0 Å². The van der Waals surface area contributed by atoms with Crippen LogP contribution in [-0.4, -0.2) is 24.2 Å². The van der Waals surface area contributed by atoms with Gasteiger partial charge in [-0.05, 0) is 61.9 Å². The summed E-state index contributed by atoms with van der Waals surface area (Å²) in [5.41, 5.74) is 6.66. The first-order valence-electron chi connectivity index (χ1n) is 9.99. The number of fused-ring (bicyclic) bond motifs is 3. The van der Waals surface area contributed by atoms with Gasteiger partial charge in [0.25, 0.3) is 0 Å². The lowest BCUT2D eigenvalue weighted by atomic mass is 9.96. The highest BCUT2D eigenvalue weighted by Crippen LogP contribution is 2.39. The Morgan fingerprint density at radius 2 is 1.65 bits per heavy atom. The molecule has 0 saturated heterocycles. The molecule has 3 aromatic rings. The maximum atomic E-state index is 6.43. The maximum Gasteiger partial charge on any atom is 0.127 e. The minimum Gasteiger partial charge on any atom is -0.490 e. The van der Waals surface area contributed by atoms with Crippen molar-refractivity contribution in [2.24, 2.45) is 0 Å². The standard InChI is InChI=1S/C23H26N2O/c1-2-7-16(6-1)26-22-11-4-3-8-17(22)18-9-5-10-21-23(18)19-12-14-24-15-13-20(19)25-21/h3-5,8-11,16,24-25H,1-2,6-7,12-15H2. The second kappa shape index (κ2) is 6.81. The van der Waals surface area contributed by atoms with Crippen LogP contribution < -0.4 is 10.1 Å². The van der Waals surface area contributed by atoms with Crippen LogP contribution in [0.15, 0.2) is 42.5 Å². The molecule has 2 aromatic carbocycles. The fourth-order valence-corrected chi connectivity index (χ4v) is 4.61. The molecule has 5 rings (SSSR count). The predicted molar refractivity (Wildman–Crippen MR) is 107 cm³/mol. The molecular formula is C23H26N2O. The summed E-state index contributed by atoms with van der Waals surface area (Å²) in [6.45, 7) is 2.10. The van der Waals surface area contributed by atoms with Gasteiger partial charge in [0.15, 0.2) is 0 Å². The van der Waals surface area contributed by atoms with Gasteiger partial charge in [-0.25, -0.2) is 0 Å². The smallest absolute Gasteiger partial charge is 0.127 e. The third-order valence-corrected chi connectivity index (χ3v) is 5.89. The second-order valence-electron chi connectivity index (χ2n) is 7.58. The van der Waals surface area contributed by atoms with Crippen LogP contribution in [0.4, 0.5) is 0 Å². The zero-order valence-electron chi connectivity index (χ0n) is 15.2. The lowest BCUT2D eigenvalue weighted by Gasteiger charge is -2.17. The van der Waals surface area contributed by atoms with Crippen LogP contribution in [0.5, 0.6) is 5.75 Å². The van der Waals surface area contributed by atoms with Crippen molar-refractivity contribution in [2.45, 2.75) is 44.6 Å². The van der Waals surface area contributed by atoms with Gasteiger partial charge in [0.2, 0.25) is 0 Å². The topological polar surface area (TPSA) is 37.0 Å². The van der Waals surface area contributed by atoms with Crippen LogP contribution in [0, 0.1) is 0 Å². The SMILES string of the molecule is c1ccc(-c2cccc3[nH]c4c(c23)CCNCC4)c(OC2CCCC2)c1. The molecule has 0 amide bonds. The largest absolute Gasteiger partial charge is 0.490 e. The van der Waals surface area contributed by atoms with E-state index in [1.807, 2.05) is 0 Å². The van der Waals surface area contributed by atoms with Crippen molar-refractivity contribution < 1.29 is 4.74 Å². The number of nitrogens with one attached hydrogen (secondary N) is 2. The summed E-state index contributed by atoms with van der Waals surface area (Å²) in [5, 5.41) is 4.90. The van der Waals surface area contributed by atoms with E-state index in [-0.39, 0.29) is 0 Å². The maximum absolute atomic E-state index is 6.43. The van der Waals surface area contributed by atoms with Gasteiger partial charge in [-0.3, -0.25) is 0 Å². The quantitative estimate of drug-likeness (QED) is 0.712. The molecule has 0 bridgehead atoms. The Morgan fingerprint density at radius 3 is 2.58 bits per heavy atom. The van der Waals surface area contributed by atoms with E-state index in [4.69, 9.17) is 4.74 Å². The molecule has 1 fully saturated rings. The van der Waals surface area contributed by atoms with Crippen molar-refractivity contribution in [3.05, 3.63) is 53.7 Å². The molecule has 3 nitrogen and oxygen atoms in total. The molecular weight excluding hydrogens is 320 g/mol. The first-order valence-corrected chi connectivity index (χ1v) is 9.99. The Hall–Kier alpha value is -2.26. The molecule has 26 heavy (non-hydrogen) atoms. The molecule has 0 spiro atoms. The van der Waals surface area contributed by atoms with E-state index < -0.39 is 0 Å². The minimum absolute atomic E-state index is 0.378. The Kier molecular flexibility index (Phi) is 4.18. The first-order chi connectivity index (χ1) is 12.9. The van der Waals surface area contributed by atoms with E-state index in [2.05, 4.69) is 52.8 Å². The van der Waals surface area contributed by atoms with Crippen molar-refractivity contribution in [1.82, 2.24) is 10.3 Å². The molecule has 0 atom stereocenters. The van der Waals surface area contributed by atoms with E-state index in [0.29, 0.717) is 6.10 Å². The Labute approximate surface area is 154 Å². The summed E-state index contributed by atoms with van der Waals surface area (Å²) in [6.07, 6.45) is 7.49. The van der Waals surface area contributed by atoms with E-state index in [1.54, 1.807) is 0 Å². The third kappa shape index (κ3) is 2.80. The van der Waals surface area contributed by atoms with E-state index in [0.717, 1.165) is 31.7 Å². The molecule has 1 aliphatic heterocycles. The third-order valence-electron chi connectivity index (χ3n) is 5.89. The number of para-hydroxylation sites is 1. The van der Waals surface area contributed by atoms with Crippen LogP contribution in [-0.2, 0) is 12.8 Å². The van der Waals surface area contributed by atoms with Gasteiger partial charge in [-0.2, -0.15) is 0 Å². The first kappa shape index (κ1) is 16.0. The summed E-state index contributed by atoms with van der Waals surface area (Å²) < 4.78 is 6.43. The highest BCUT2D eigenvalue weighted by Gasteiger charge is 2.21. The van der Waals surface area contributed by atoms with Gasteiger partial charge >= 0.3 is 0 Å². The van der Waals surface area contributed by atoms with Crippen molar-refractivity contribution in [3.63, 3.8) is 0 Å². The molecule has 0 radical (unpaired) electrons. The summed E-state index contributed by atoms with van der Waals surface area (Å²) in [5.74, 6) is 1.04. The molecule has 2 N–H and O–H groups in total. The molecule has 134 valence electrons. The van der Waals surface area contributed by atoms with Crippen molar-refractivity contribution in [3.8, 4) is 16.9 Å². The van der Waals surface area contributed by atoms with Crippen molar-refractivity contribution in [1.29, 1.82) is 0 Å². The van der Waals surface area contributed by atoms with Gasteiger partial charge < -0.3 is 15.0 Å². The van der Waals surface area contributed by atoms with E-state index >= 15 is 0 Å². The Bertz CT molecular complexity index is 921. The number of benzene rings is 2. The Balaban J connectivity index is 1.64. The lowest BCUT2D eigenvalue weighted by Crippen LogP contribution is -2.16. The van der Waals surface area contributed by atoms with Gasteiger partial charge in [0.1, 0.15) is 5.75 Å². The van der Waals surface area contributed by atoms with E-state index in [9.17, 15) is 0 Å². The molecule has 2 aliphatic rings. The number of rotatable bonds is 3. The van der Waals surface area contributed by atoms with Gasteiger partial charge in [-0.1, -0.05) is 30.3 Å². The summed E-state index contributed by atoms with van der Waals surface area (Å²) in [6, 6.07) is 15.2. The fraction of sp³-hybridized carbons (Fsp3) is 0.391. The highest BCUT2D eigenvalue weighted by molar-refractivity contribution is 5.99. The summed E-state index contributed by atoms with van der Waals surface area (Å²) in [4.78, 5) is 3.68. The van der Waals surface area contributed by atoms with Gasteiger partial charge in [-0.15, -0.1) is 0 Å². The number of H-pyrrole nitrogens is 1. The normalized spacial score (nSPS) is 18.0. The van der Waals surface area contributed by atoms with Crippen LogP contribution >= 0.6 is 0 Å². The average molecular weight is 346 g/mol. The Morgan fingerprint density at radius 1 is 0.846 bits per heavy atom. The predicted octanol–water partition coefficient (Wildman–Crippen LogP) is 4.84. The molecule has 1 aliphatic carbocycles. The number of ether oxygens (including phenoxy) is 1. The number of aromatic amines is 1. The lowest BCUT2D eigenvalue weighted by molar-refractivity contribution is 0.211. The average Bonchev–Trinajstić information content (AvgIpc) is 3.24. The minimum atomic E-state index is 0.378. The molecule has 2 heterocycles. The van der Waals surface area contributed by atoms with Crippen molar-refractivity contribution >= 4 is 10.9 Å². The molecule has 0 unspecified atom stereocenters. The molecule has 1 saturated carbocycles. The van der Waals surface area contributed by atoms with Crippen LogP contribution in [0.1, 0.15) is 36.9 Å². The molecule has 1 aromatic heterocycles. The fourth-order valence-electron chi connectivity index (χ4n) is 4.61.